The molecule has 11 rings (SSSR count). The summed E-state index contributed by atoms with van der Waals surface area (Å²) in [6, 6.07) is 48.6. The van der Waals surface area contributed by atoms with Crippen LogP contribution in [0, 0.1) is 0 Å². The number of nitrogens with zero attached hydrogens (tertiary/aromatic N) is 2. The summed E-state index contributed by atoms with van der Waals surface area (Å²) in [4.78, 5) is 5.17. The lowest BCUT2D eigenvalue weighted by molar-refractivity contribution is 0.482. The number of para-hydroxylation sites is 2. The fourth-order valence-corrected chi connectivity index (χ4v) is 10.1. The van der Waals surface area contributed by atoms with Gasteiger partial charge in [0.05, 0.1) is 11.0 Å². The van der Waals surface area contributed by atoms with Crippen LogP contribution in [-0.4, -0.2) is 61.7 Å². The number of aromatic hydroxyl groups is 1. The Bertz CT molecular complexity index is 3480. The van der Waals surface area contributed by atoms with E-state index in [-0.39, 0.29) is 22.1 Å². The highest BCUT2D eigenvalue weighted by Crippen LogP contribution is 2.48. The van der Waals surface area contributed by atoms with Gasteiger partial charge in [0.2, 0.25) is 0 Å². The Hall–Kier alpha value is -6.58. The van der Waals surface area contributed by atoms with Crippen LogP contribution in [0.3, 0.4) is 0 Å². The second kappa shape index (κ2) is 13.5. The van der Waals surface area contributed by atoms with Crippen LogP contribution in [0.25, 0.3) is 93.8 Å². The first kappa shape index (κ1) is 37.4. The first-order valence-corrected chi connectivity index (χ1v) is 20.2. The molecule has 1 aliphatic rings. The summed E-state index contributed by atoms with van der Waals surface area (Å²) < 4.78 is 2.24. The van der Waals surface area contributed by atoms with E-state index in [2.05, 4.69) is 126 Å². The van der Waals surface area contributed by atoms with E-state index in [0.717, 1.165) is 71.9 Å². The van der Waals surface area contributed by atoms with Gasteiger partial charge in [0, 0.05) is 16.7 Å². The number of aromatic nitrogens is 2. The van der Waals surface area contributed by atoms with Gasteiger partial charge in [-0.25, -0.2) is 4.98 Å². The van der Waals surface area contributed by atoms with Gasteiger partial charge >= 0.3 is 0 Å². The number of benzene rings is 9. The van der Waals surface area contributed by atoms with Crippen molar-refractivity contribution in [2.75, 3.05) is 0 Å². The van der Waals surface area contributed by atoms with Gasteiger partial charge in [0.15, 0.2) is 0 Å². The Kier molecular flexibility index (Phi) is 8.26. The Morgan fingerprint density at radius 2 is 0.967 bits per heavy atom. The van der Waals surface area contributed by atoms with Crippen molar-refractivity contribution in [3.63, 3.8) is 0 Å². The third kappa shape index (κ3) is 5.22. The molecule has 0 aliphatic heterocycles. The summed E-state index contributed by atoms with van der Waals surface area (Å²) in [5, 5.41) is 17.3. The minimum absolute atomic E-state index is 0.00953. The quantitative estimate of drug-likeness (QED) is 0.170. The van der Waals surface area contributed by atoms with E-state index in [0.29, 0.717) is 38.6 Å². The molecule has 0 unspecified atom stereocenters. The third-order valence-corrected chi connectivity index (χ3v) is 12.9. The zero-order valence-corrected chi connectivity index (χ0v) is 33.6. The number of hydrogen-bond acceptors (Lipinski definition) is 2. The van der Waals surface area contributed by atoms with Crippen LogP contribution < -0.4 is 32.8 Å². The van der Waals surface area contributed by atoms with Gasteiger partial charge in [-0.2, -0.15) is 0 Å². The fraction of sp³-hybridized carbons (Fsp3) is 0.0577. The highest BCUT2D eigenvalue weighted by atomic mass is 16.3. The first-order valence-electron chi connectivity index (χ1n) is 20.2. The van der Waals surface area contributed by atoms with E-state index in [1.54, 1.807) is 0 Å². The molecule has 0 fully saturated rings. The number of hydrogen-bond donors (Lipinski definition) is 1. The Labute approximate surface area is 362 Å². The molecule has 0 saturated heterocycles. The average molecular weight is 764 g/mol. The molecule has 10 aromatic rings. The molecule has 1 N–H and O–H groups in total. The van der Waals surface area contributed by atoms with Gasteiger partial charge in [0.25, 0.3) is 0 Å². The fourth-order valence-electron chi connectivity index (χ4n) is 10.1. The van der Waals surface area contributed by atoms with Crippen LogP contribution in [-0.2, 0) is 5.41 Å². The van der Waals surface area contributed by atoms with Crippen molar-refractivity contribution in [1.29, 1.82) is 0 Å². The zero-order chi connectivity index (χ0) is 42.1. The van der Waals surface area contributed by atoms with Crippen molar-refractivity contribution in [3.8, 4) is 56.2 Å². The number of phenols is 1. The van der Waals surface area contributed by atoms with E-state index in [9.17, 15) is 5.11 Å². The molecule has 0 bridgehead atoms. The van der Waals surface area contributed by atoms with E-state index in [4.69, 9.17) is 52.1 Å². The number of imidazole rings is 1. The molecule has 12 radical (unpaired) electrons. The van der Waals surface area contributed by atoms with Gasteiger partial charge in [-0.3, -0.25) is 4.57 Å². The SMILES string of the molecule is [B]c1c([B])c2c(c([B])c1O)C(C)(C)c1c([B])c(-c3c4ccccc4c(-c4ccc(-c5nc6ccccc6n5-c5ccc6ccccc6c5)cc4)c4ccccc34)c([B])c([B])c1-2. The summed E-state index contributed by atoms with van der Waals surface area (Å²) >= 11 is 0. The molecule has 9 aromatic carbocycles. The van der Waals surface area contributed by atoms with Crippen molar-refractivity contribution in [2.24, 2.45) is 0 Å². The molecule has 1 heterocycles. The maximum absolute atomic E-state index is 10.9. The van der Waals surface area contributed by atoms with E-state index in [1.165, 1.54) is 10.8 Å². The summed E-state index contributed by atoms with van der Waals surface area (Å²) in [6.07, 6.45) is 0. The maximum atomic E-state index is 10.9. The second-order valence-electron chi connectivity index (χ2n) is 16.5. The molecule has 1 aromatic heterocycles. The van der Waals surface area contributed by atoms with Gasteiger partial charge in [-0.05, 0) is 101 Å². The molecule has 3 nitrogen and oxygen atoms in total. The summed E-state index contributed by atoms with van der Waals surface area (Å²) in [5.41, 5.74) is 10.7. The van der Waals surface area contributed by atoms with Crippen LogP contribution in [0.15, 0.2) is 140 Å². The lowest BCUT2D eigenvalue weighted by Gasteiger charge is -2.30. The van der Waals surface area contributed by atoms with Gasteiger partial charge in [0.1, 0.15) is 58.7 Å². The molecular formula is C52H30B6N2O. The normalized spacial score (nSPS) is 13.0. The Morgan fingerprint density at radius 1 is 0.459 bits per heavy atom. The molecule has 61 heavy (non-hydrogen) atoms. The van der Waals surface area contributed by atoms with Crippen LogP contribution in [0.4, 0.5) is 0 Å². The van der Waals surface area contributed by atoms with Gasteiger partial charge in [-0.1, -0.05) is 162 Å². The number of fused-ring (bicyclic) bond motifs is 7. The lowest BCUT2D eigenvalue weighted by atomic mass is 9.63. The standard InChI is InChI=1S/C52H30B6N2O/c1-52(2)42-39(40-43(52)48(57)50(61)49(58)46(40)55)45(54)47(56)41(44(42)53)38-33-15-7-5-13-31(33)37(32-14-6-8-16-34(32)38)27-19-21-28(22-20-27)51-59-35-17-9-10-18-36(35)60(51)30-24-23-26-11-3-4-12-29(26)25-30/h3-25,61H,1-2H3. The summed E-state index contributed by atoms with van der Waals surface area (Å²) in [7, 11) is 41.0. The van der Waals surface area contributed by atoms with E-state index in [1.807, 2.05) is 32.0 Å². The predicted molar refractivity (Wildman–Crippen MR) is 261 cm³/mol. The number of rotatable bonds is 4. The van der Waals surface area contributed by atoms with Crippen molar-refractivity contribution in [2.45, 2.75) is 19.3 Å². The highest BCUT2D eigenvalue weighted by Gasteiger charge is 2.41. The van der Waals surface area contributed by atoms with Gasteiger partial charge < -0.3 is 5.11 Å². The molecule has 0 spiro atoms. The largest absolute Gasteiger partial charge is 0.509 e. The molecule has 0 atom stereocenters. The maximum Gasteiger partial charge on any atom is 0.145 e. The molecule has 0 saturated carbocycles. The van der Waals surface area contributed by atoms with E-state index >= 15 is 0 Å². The zero-order valence-electron chi connectivity index (χ0n) is 33.6. The first-order chi connectivity index (χ1) is 29.5. The average Bonchev–Trinajstić information content (AvgIpc) is 3.79. The minimum Gasteiger partial charge on any atom is -0.509 e. The highest BCUT2D eigenvalue weighted by molar-refractivity contribution is 6.60. The summed E-state index contributed by atoms with van der Waals surface area (Å²) in [5.74, 6) is 0.603. The van der Waals surface area contributed by atoms with Crippen LogP contribution in [0.2, 0.25) is 0 Å². The third-order valence-electron chi connectivity index (χ3n) is 12.9. The van der Waals surface area contributed by atoms with Crippen molar-refractivity contribution >= 4 is 123 Å². The van der Waals surface area contributed by atoms with Crippen LogP contribution in [0.1, 0.15) is 25.0 Å². The van der Waals surface area contributed by atoms with Crippen LogP contribution >= 0.6 is 0 Å². The monoisotopic (exact) mass is 764 g/mol. The topological polar surface area (TPSA) is 38.1 Å². The Balaban J connectivity index is 1.12. The lowest BCUT2D eigenvalue weighted by Crippen LogP contribution is -2.39. The molecule has 1 aliphatic carbocycles. The van der Waals surface area contributed by atoms with Crippen molar-refractivity contribution in [1.82, 2.24) is 9.55 Å². The molecule has 9 heteroatoms. The molecular weight excluding hydrogens is 733 g/mol. The smallest absolute Gasteiger partial charge is 0.145 e. The van der Waals surface area contributed by atoms with Gasteiger partial charge in [-0.15, -0.1) is 0 Å². The van der Waals surface area contributed by atoms with Crippen molar-refractivity contribution < 1.29 is 5.11 Å². The molecule has 272 valence electrons. The van der Waals surface area contributed by atoms with Crippen molar-refractivity contribution in [3.05, 3.63) is 151 Å². The predicted octanol–water partition coefficient (Wildman–Crippen LogP) is 6.26. The number of phenolic OH excluding ortho intramolecular Hbond substituents is 1. The Morgan fingerprint density at radius 3 is 1.62 bits per heavy atom. The second-order valence-corrected chi connectivity index (χ2v) is 16.5. The minimum atomic E-state index is -0.809. The van der Waals surface area contributed by atoms with E-state index < -0.39 is 5.41 Å². The van der Waals surface area contributed by atoms with Crippen LogP contribution in [0.5, 0.6) is 5.75 Å². The molecule has 0 amide bonds. The summed E-state index contributed by atoms with van der Waals surface area (Å²) in [6.45, 7) is 4.00.